The van der Waals surface area contributed by atoms with Gasteiger partial charge >= 0.3 is 0 Å². The molecule has 0 radical (unpaired) electrons. The Morgan fingerprint density at radius 2 is 1.85 bits per heavy atom. The van der Waals surface area contributed by atoms with Gasteiger partial charge in [0.05, 0.1) is 39.7 Å². The number of nitrogens with one attached hydrogen (secondary N) is 2. The Morgan fingerprint density at radius 1 is 1.12 bits per heavy atom. The van der Waals surface area contributed by atoms with Crippen LogP contribution in [-0.4, -0.2) is 26.2 Å². The molecule has 0 fully saturated rings. The van der Waals surface area contributed by atoms with Gasteiger partial charge in [-0.3, -0.25) is 4.68 Å². The Kier molecular flexibility index (Phi) is 6.79. The van der Waals surface area contributed by atoms with Gasteiger partial charge in [0.25, 0.3) is 0 Å². The second-order valence-electron chi connectivity index (χ2n) is 8.21. The van der Waals surface area contributed by atoms with Crippen molar-refractivity contribution in [3.63, 3.8) is 0 Å². The van der Waals surface area contributed by atoms with Gasteiger partial charge in [-0.05, 0) is 49.8 Å². The van der Waals surface area contributed by atoms with Crippen LogP contribution in [0.2, 0.25) is 5.02 Å². The molecule has 0 spiro atoms. The molecular weight excluding hydrogens is 452 g/mol. The van der Waals surface area contributed by atoms with Gasteiger partial charge < -0.3 is 15.8 Å². The lowest BCUT2D eigenvalue weighted by Crippen LogP contribution is -2.29. The summed E-state index contributed by atoms with van der Waals surface area (Å²) in [6.07, 6.45) is 5.55. The van der Waals surface area contributed by atoms with Crippen molar-refractivity contribution in [2.24, 2.45) is 0 Å². The standard InChI is InChI=1S/C26H25ClN4OS/c1-26(2,32)25(28)14-22(30-21-11-7-6-10-20(21)27)24-13-12-23(33-24)19-15-29-31(17-19)16-18-8-4-3-5-9-18/h3-15,17,28,30,32H,16H2,1-2H3/b22-14-,28-25?. The van der Waals surface area contributed by atoms with Crippen molar-refractivity contribution in [3.05, 3.63) is 101 Å². The summed E-state index contributed by atoms with van der Waals surface area (Å²) in [6, 6.07) is 21.7. The van der Waals surface area contributed by atoms with Crippen LogP contribution in [0.15, 0.2) is 85.2 Å². The van der Waals surface area contributed by atoms with Crippen LogP contribution in [0.1, 0.15) is 24.3 Å². The minimum atomic E-state index is -1.26. The first kappa shape index (κ1) is 23.0. The fraction of sp³-hybridized carbons (Fsp3) is 0.154. The number of halogens is 1. The van der Waals surface area contributed by atoms with Crippen LogP contribution in [0.4, 0.5) is 5.69 Å². The monoisotopic (exact) mass is 476 g/mol. The van der Waals surface area contributed by atoms with Crippen LogP contribution in [-0.2, 0) is 6.54 Å². The average molecular weight is 477 g/mol. The summed E-state index contributed by atoms with van der Waals surface area (Å²) in [5.41, 5.74) is 2.49. The number of anilines is 1. The molecule has 0 saturated heterocycles. The third kappa shape index (κ3) is 5.79. The van der Waals surface area contributed by atoms with Gasteiger partial charge in [0.15, 0.2) is 0 Å². The summed E-state index contributed by atoms with van der Waals surface area (Å²) in [4.78, 5) is 1.99. The van der Waals surface area contributed by atoms with Gasteiger partial charge in [-0.1, -0.05) is 54.1 Å². The van der Waals surface area contributed by atoms with E-state index >= 15 is 0 Å². The molecule has 0 unspecified atom stereocenters. The molecule has 2 aromatic carbocycles. The Bertz CT molecular complexity index is 1280. The van der Waals surface area contributed by atoms with Crippen LogP contribution in [0.5, 0.6) is 0 Å². The van der Waals surface area contributed by atoms with Gasteiger partial charge in [0.2, 0.25) is 0 Å². The first-order valence-electron chi connectivity index (χ1n) is 10.5. The Hall–Kier alpha value is -3.19. The van der Waals surface area contributed by atoms with E-state index in [-0.39, 0.29) is 5.71 Å². The number of thiophene rings is 1. The summed E-state index contributed by atoms with van der Waals surface area (Å²) < 4.78 is 1.92. The SMILES string of the molecule is CC(C)(O)C(=N)/C=C(\Nc1ccccc1Cl)c1ccc(-c2cnn(Cc3ccccc3)c2)s1. The maximum absolute atomic E-state index is 10.3. The summed E-state index contributed by atoms with van der Waals surface area (Å²) in [7, 11) is 0. The lowest BCUT2D eigenvalue weighted by atomic mass is 10.0. The molecule has 2 heterocycles. The highest BCUT2D eigenvalue weighted by molar-refractivity contribution is 7.16. The number of para-hydroxylation sites is 1. The molecule has 0 aliphatic rings. The molecule has 0 atom stereocenters. The smallest absolute Gasteiger partial charge is 0.100 e. The minimum Gasteiger partial charge on any atom is -0.384 e. The van der Waals surface area contributed by atoms with E-state index in [1.165, 1.54) is 5.56 Å². The zero-order valence-corrected chi connectivity index (χ0v) is 20.0. The second-order valence-corrected chi connectivity index (χ2v) is 9.70. The normalized spacial score (nSPS) is 12.1. The molecule has 5 nitrogen and oxygen atoms in total. The topological polar surface area (TPSA) is 73.9 Å². The minimum absolute atomic E-state index is 0.0997. The van der Waals surface area contributed by atoms with Crippen LogP contribution in [0, 0.1) is 5.41 Å². The van der Waals surface area contributed by atoms with Gasteiger partial charge in [-0.25, -0.2) is 0 Å². The van der Waals surface area contributed by atoms with E-state index < -0.39 is 5.60 Å². The highest BCUT2D eigenvalue weighted by Crippen LogP contribution is 2.34. The zero-order chi connectivity index (χ0) is 23.4. The quantitative estimate of drug-likeness (QED) is 0.252. The third-order valence-electron chi connectivity index (χ3n) is 5.07. The molecule has 0 bridgehead atoms. The molecule has 4 aromatic rings. The fourth-order valence-electron chi connectivity index (χ4n) is 3.18. The first-order chi connectivity index (χ1) is 15.8. The highest BCUT2D eigenvalue weighted by atomic mass is 35.5. The van der Waals surface area contributed by atoms with Crippen LogP contribution >= 0.6 is 22.9 Å². The summed E-state index contributed by atoms with van der Waals surface area (Å²) >= 11 is 7.94. The molecule has 7 heteroatoms. The average Bonchev–Trinajstić information content (AvgIpc) is 3.44. The molecule has 2 aromatic heterocycles. The summed E-state index contributed by atoms with van der Waals surface area (Å²) in [5, 5.41) is 27.0. The lowest BCUT2D eigenvalue weighted by molar-refractivity contribution is 0.154. The molecule has 0 saturated carbocycles. The number of hydrogen-bond donors (Lipinski definition) is 3. The molecular formula is C26H25ClN4OS. The summed E-state index contributed by atoms with van der Waals surface area (Å²) in [6.45, 7) is 3.90. The van der Waals surface area contributed by atoms with Crippen molar-refractivity contribution < 1.29 is 5.11 Å². The maximum Gasteiger partial charge on any atom is 0.100 e. The van der Waals surface area contributed by atoms with E-state index in [4.69, 9.17) is 17.0 Å². The van der Waals surface area contributed by atoms with Gasteiger partial charge in [0.1, 0.15) is 5.60 Å². The van der Waals surface area contributed by atoms with Crippen LogP contribution in [0.3, 0.4) is 0 Å². The third-order valence-corrected chi connectivity index (χ3v) is 6.56. The van der Waals surface area contributed by atoms with E-state index in [2.05, 4.69) is 22.5 Å². The number of hydrogen-bond acceptors (Lipinski definition) is 5. The lowest BCUT2D eigenvalue weighted by Gasteiger charge is -2.18. The van der Waals surface area contributed by atoms with E-state index in [9.17, 15) is 5.11 Å². The Labute approximate surface area is 202 Å². The zero-order valence-electron chi connectivity index (χ0n) is 18.4. The van der Waals surface area contributed by atoms with Crippen molar-refractivity contribution in [2.75, 3.05) is 5.32 Å². The molecule has 33 heavy (non-hydrogen) atoms. The molecule has 3 N–H and O–H groups in total. The fourth-order valence-corrected chi connectivity index (χ4v) is 4.32. The van der Waals surface area contributed by atoms with E-state index in [1.54, 1.807) is 31.3 Å². The number of benzene rings is 2. The Balaban J connectivity index is 1.62. The van der Waals surface area contributed by atoms with Gasteiger partial charge in [-0.2, -0.15) is 5.10 Å². The van der Waals surface area contributed by atoms with Gasteiger partial charge in [-0.15, -0.1) is 11.3 Å². The predicted molar refractivity (Wildman–Crippen MR) is 138 cm³/mol. The number of nitrogens with zero attached hydrogens (tertiary/aromatic N) is 2. The predicted octanol–water partition coefficient (Wildman–Crippen LogP) is 6.56. The van der Waals surface area contributed by atoms with Crippen molar-refractivity contribution in [1.29, 1.82) is 5.41 Å². The van der Waals surface area contributed by atoms with E-state index in [1.807, 2.05) is 71.7 Å². The molecule has 4 rings (SSSR count). The van der Waals surface area contributed by atoms with E-state index in [0.717, 1.165) is 21.0 Å². The first-order valence-corrected chi connectivity index (χ1v) is 11.7. The van der Waals surface area contributed by atoms with Crippen molar-refractivity contribution >= 4 is 40.0 Å². The second kappa shape index (κ2) is 9.75. The van der Waals surface area contributed by atoms with Gasteiger partial charge in [0, 0.05) is 16.6 Å². The highest BCUT2D eigenvalue weighted by Gasteiger charge is 2.20. The number of aromatic nitrogens is 2. The van der Waals surface area contributed by atoms with Crippen LogP contribution in [0.25, 0.3) is 16.1 Å². The largest absolute Gasteiger partial charge is 0.384 e. The number of aliphatic hydroxyl groups is 1. The van der Waals surface area contributed by atoms with Crippen molar-refractivity contribution in [3.8, 4) is 10.4 Å². The summed E-state index contributed by atoms with van der Waals surface area (Å²) in [5.74, 6) is 0. The molecule has 168 valence electrons. The van der Waals surface area contributed by atoms with Crippen LogP contribution < -0.4 is 5.32 Å². The molecule has 0 aliphatic heterocycles. The molecule has 0 amide bonds. The maximum atomic E-state index is 10.3. The van der Waals surface area contributed by atoms with E-state index in [0.29, 0.717) is 17.3 Å². The Morgan fingerprint density at radius 3 is 2.58 bits per heavy atom. The van der Waals surface area contributed by atoms with Crippen molar-refractivity contribution in [1.82, 2.24) is 9.78 Å². The number of rotatable bonds is 8. The molecule has 0 aliphatic carbocycles. The van der Waals surface area contributed by atoms with Crippen molar-refractivity contribution in [2.45, 2.75) is 26.0 Å².